The molecule has 0 spiro atoms. The minimum atomic E-state index is 0.272. The Morgan fingerprint density at radius 2 is 1.95 bits per heavy atom. The zero-order chi connectivity index (χ0) is 15.0. The molecule has 1 aromatic heterocycles. The minimum Gasteiger partial charge on any atom is -0.495 e. The van der Waals surface area contributed by atoms with Crippen LogP contribution in [0.2, 0.25) is 10.0 Å². The van der Waals surface area contributed by atoms with Gasteiger partial charge in [-0.3, -0.25) is 4.57 Å². The Morgan fingerprint density at radius 1 is 1.14 bits per heavy atom. The number of methoxy groups -OCH3 is 1. The van der Waals surface area contributed by atoms with Crippen LogP contribution in [-0.4, -0.2) is 16.7 Å². The number of alkyl halides is 1. The van der Waals surface area contributed by atoms with Gasteiger partial charge in [0, 0.05) is 5.69 Å². The lowest BCUT2D eigenvalue weighted by Crippen LogP contribution is -2.00. The highest BCUT2D eigenvalue weighted by Crippen LogP contribution is 2.32. The van der Waals surface area contributed by atoms with E-state index in [1.807, 2.05) is 28.8 Å². The molecule has 0 aliphatic heterocycles. The van der Waals surface area contributed by atoms with Gasteiger partial charge in [-0.2, -0.15) is 0 Å². The highest BCUT2D eigenvalue weighted by molar-refractivity contribution is 6.35. The van der Waals surface area contributed by atoms with Crippen LogP contribution in [0.5, 0.6) is 5.75 Å². The predicted octanol–water partition coefficient (Wildman–Crippen LogP) is 5.08. The second-order valence-electron chi connectivity index (χ2n) is 4.42. The SMILES string of the molecule is COc1ccc(-n2c(CCl)nc3cccc(Cl)c32)cc1Cl. The molecule has 3 rings (SSSR count). The summed E-state index contributed by atoms with van der Waals surface area (Å²) in [5, 5.41) is 1.13. The third-order valence-electron chi connectivity index (χ3n) is 3.21. The molecule has 0 aliphatic carbocycles. The van der Waals surface area contributed by atoms with Crippen molar-refractivity contribution in [2.45, 2.75) is 5.88 Å². The molecule has 0 fully saturated rings. The first kappa shape index (κ1) is 14.5. The summed E-state index contributed by atoms with van der Waals surface area (Å²) in [7, 11) is 1.58. The van der Waals surface area contributed by atoms with Crippen LogP contribution in [0.15, 0.2) is 36.4 Å². The summed E-state index contributed by atoms with van der Waals surface area (Å²) in [5.74, 6) is 1.60. The second-order valence-corrected chi connectivity index (χ2v) is 5.51. The van der Waals surface area contributed by atoms with Gasteiger partial charge in [-0.1, -0.05) is 29.3 Å². The third kappa shape index (κ3) is 2.46. The molecule has 3 nitrogen and oxygen atoms in total. The maximum atomic E-state index is 6.32. The van der Waals surface area contributed by atoms with Crippen molar-refractivity contribution in [1.29, 1.82) is 0 Å². The fourth-order valence-electron chi connectivity index (χ4n) is 2.30. The van der Waals surface area contributed by atoms with Crippen LogP contribution in [0.4, 0.5) is 0 Å². The van der Waals surface area contributed by atoms with Gasteiger partial charge in [0.25, 0.3) is 0 Å². The Bertz CT molecular complexity index is 814. The number of rotatable bonds is 3. The first-order chi connectivity index (χ1) is 10.2. The zero-order valence-electron chi connectivity index (χ0n) is 11.1. The molecule has 0 amide bonds. The van der Waals surface area contributed by atoms with Crippen LogP contribution < -0.4 is 4.74 Å². The van der Waals surface area contributed by atoms with Crippen molar-refractivity contribution in [1.82, 2.24) is 9.55 Å². The van der Waals surface area contributed by atoms with Crippen molar-refractivity contribution in [3.05, 3.63) is 52.3 Å². The van der Waals surface area contributed by atoms with Crippen LogP contribution in [-0.2, 0) is 5.88 Å². The molecule has 2 aromatic carbocycles. The topological polar surface area (TPSA) is 27.1 Å². The number of halogens is 3. The summed E-state index contributed by atoms with van der Waals surface area (Å²) < 4.78 is 7.09. The first-order valence-electron chi connectivity index (χ1n) is 6.21. The highest BCUT2D eigenvalue weighted by atomic mass is 35.5. The Balaban J connectivity index is 2.30. The van der Waals surface area contributed by atoms with E-state index in [0.717, 1.165) is 16.7 Å². The maximum absolute atomic E-state index is 6.32. The smallest absolute Gasteiger partial charge is 0.137 e. The van der Waals surface area contributed by atoms with Crippen molar-refractivity contribution in [2.75, 3.05) is 7.11 Å². The van der Waals surface area contributed by atoms with E-state index in [1.54, 1.807) is 19.2 Å². The molecular weight excluding hydrogens is 331 g/mol. The molecule has 0 saturated carbocycles. The van der Waals surface area contributed by atoms with E-state index in [4.69, 9.17) is 39.5 Å². The van der Waals surface area contributed by atoms with Crippen molar-refractivity contribution in [3.63, 3.8) is 0 Å². The normalized spacial score (nSPS) is 11.0. The zero-order valence-corrected chi connectivity index (χ0v) is 13.4. The van der Waals surface area contributed by atoms with Gasteiger partial charge >= 0.3 is 0 Å². The monoisotopic (exact) mass is 340 g/mol. The molecule has 0 atom stereocenters. The largest absolute Gasteiger partial charge is 0.495 e. The number of para-hydroxylation sites is 1. The van der Waals surface area contributed by atoms with Crippen molar-refractivity contribution in [3.8, 4) is 11.4 Å². The third-order valence-corrected chi connectivity index (χ3v) is 4.05. The summed E-state index contributed by atoms with van der Waals surface area (Å²) in [6, 6.07) is 11.1. The van der Waals surface area contributed by atoms with Gasteiger partial charge < -0.3 is 4.74 Å². The Labute approximate surface area is 137 Å². The van der Waals surface area contributed by atoms with E-state index in [0.29, 0.717) is 21.6 Å². The minimum absolute atomic E-state index is 0.272. The molecular formula is C15H11Cl3N2O. The molecule has 0 N–H and O–H groups in total. The van der Waals surface area contributed by atoms with Gasteiger partial charge in [0.05, 0.1) is 34.1 Å². The average molecular weight is 342 g/mol. The lowest BCUT2D eigenvalue weighted by atomic mass is 10.2. The van der Waals surface area contributed by atoms with Gasteiger partial charge in [0.2, 0.25) is 0 Å². The van der Waals surface area contributed by atoms with Crippen LogP contribution in [0, 0.1) is 0 Å². The van der Waals surface area contributed by atoms with Gasteiger partial charge in [0.1, 0.15) is 11.6 Å². The number of fused-ring (bicyclic) bond motifs is 1. The van der Waals surface area contributed by atoms with Crippen LogP contribution in [0.3, 0.4) is 0 Å². The molecule has 3 aromatic rings. The molecule has 0 unspecified atom stereocenters. The van der Waals surface area contributed by atoms with E-state index < -0.39 is 0 Å². The number of aromatic nitrogens is 2. The number of hydrogen-bond donors (Lipinski definition) is 0. The lowest BCUT2D eigenvalue weighted by Gasteiger charge is -2.11. The molecule has 108 valence electrons. The Morgan fingerprint density at radius 3 is 2.62 bits per heavy atom. The van der Waals surface area contributed by atoms with Crippen molar-refractivity contribution < 1.29 is 4.74 Å². The van der Waals surface area contributed by atoms with Crippen LogP contribution >= 0.6 is 34.8 Å². The van der Waals surface area contributed by atoms with E-state index >= 15 is 0 Å². The fourth-order valence-corrected chi connectivity index (χ4v) is 2.98. The predicted molar refractivity (Wildman–Crippen MR) is 87.2 cm³/mol. The van der Waals surface area contributed by atoms with E-state index in [1.165, 1.54) is 0 Å². The summed E-state index contributed by atoms with van der Waals surface area (Å²) >= 11 is 18.5. The van der Waals surface area contributed by atoms with Crippen molar-refractivity contribution >= 4 is 45.8 Å². The molecule has 0 aliphatic rings. The van der Waals surface area contributed by atoms with Gasteiger partial charge in [0.15, 0.2) is 0 Å². The maximum Gasteiger partial charge on any atom is 0.137 e. The lowest BCUT2D eigenvalue weighted by molar-refractivity contribution is 0.415. The number of hydrogen-bond acceptors (Lipinski definition) is 2. The number of nitrogens with zero attached hydrogens (tertiary/aromatic N) is 2. The van der Waals surface area contributed by atoms with Crippen LogP contribution in [0.1, 0.15) is 5.82 Å². The molecule has 0 radical (unpaired) electrons. The van der Waals surface area contributed by atoms with Crippen LogP contribution in [0.25, 0.3) is 16.7 Å². The first-order valence-corrected chi connectivity index (χ1v) is 7.50. The molecule has 0 saturated heterocycles. The Hall–Kier alpha value is -1.42. The average Bonchev–Trinajstić information content (AvgIpc) is 2.87. The number of ether oxygens (including phenoxy) is 1. The van der Waals surface area contributed by atoms with Gasteiger partial charge in [-0.15, -0.1) is 11.6 Å². The summed E-state index contributed by atoms with van der Waals surface area (Å²) in [6.07, 6.45) is 0. The summed E-state index contributed by atoms with van der Waals surface area (Å²) in [6.45, 7) is 0. The Kier molecular flexibility index (Phi) is 3.98. The highest BCUT2D eigenvalue weighted by Gasteiger charge is 2.15. The standard InChI is InChI=1S/C15H11Cl3N2O/c1-21-13-6-5-9(7-11(13)18)20-14(8-16)19-12-4-2-3-10(17)15(12)20/h2-7H,8H2,1H3. The molecule has 21 heavy (non-hydrogen) atoms. The second kappa shape index (κ2) is 5.76. The van der Waals surface area contributed by atoms with E-state index in [2.05, 4.69) is 4.98 Å². The van der Waals surface area contributed by atoms with E-state index in [9.17, 15) is 0 Å². The number of benzene rings is 2. The van der Waals surface area contributed by atoms with Crippen molar-refractivity contribution in [2.24, 2.45) is 0 Å². The molecule has 0 bridgehead atoms. The fraction of sp³-hybridized carbons (Fsp3) is 0.133. The summed E-state index contributed by atoms with van der Waals surface area (Å²) in [5.41, 5.74) is 2.45. The summed E-state index contributed by atoms with van der Waals surface area (Å²) in [4.78, 5) is 4.51. The van der Waals surface area contributed by atoms with E-state index in [-0.39, 0.29) is 5.88 Å². The van der Waals surface area contributed by atoms with Gasteiger partial charge in [-0.25, -0.2) is 4.98 Å². The van der Waals surface area contributed by atoms with Gasteiger partial charge in [-0.05, 0) is 30.3 Å². The molecule has 6 heteroatoms. The molecule has 1 heterocycles. The quantitative estimate of drug-likeness (QED) is 0.621. The number of imidazole rings is 1.